The average Bonchev–Trinajstić information content (AvgIpc) is 2.43. The molecule has 2 aliphatic rings. The van der Waals surface area contributed by atoms with Crippen LogP contribution in [0.2, 0.25) is 0 Å². The Bertz CT molecular complexity index is 371. The lowest BCUT2D eigenvalue weighted by molar-refractivity contribution is -0.119. The molecule has 0 heterocycles. The number of hydrogen-bond donors (Lipinski definition) is 4. The van der Waals surface area contributed by atoms with E-state index in [-0.39, 0.29) is 35.9 Å². The van der Waals surface area contributed by atoms with Crippen molar-refractivity contribution in [1.29, 1.82) is 0 Å². The molecule has 114 valence electrons. The number of nitrogens with two attached hydrogens (primary N) is 4. The third-order valence-electron chi connectivity index (χ3n) is 4.89. The van der Waals surface area contributed by atoms with Crippen molar-refractivity contribution in [3.05, 3.63) is 12.2 Å². The van der Waals surface area contributed by atoms with Crippen LogP contribution in [-0.2, 0) is 4.79 Å². The van der Waals surface area contributed by atoms with E-state index in [1.165, 1.54) is 0 Å². The molecule has 2 rings (SSSR count). The van der Waals surface area contributed by atoms with Crippen molar-refractivity contribution >= 4 is 5.78 Å². The third kappa shape index (κ3) is 3.88. The molecule has 5 heteroatoms. The Hall–Kier alpha value is -0.750. The van der Waals surface area contributed by atoms with Crippen LogP contribution in [0, 0.1) is 11.8 Å². The van der Waals surface area contributed by atoms with Gasteiger partial charge in [-0.05, 0) is 50.5 Å². The molecule has 2 saturated carbocycles. The highest BCUT2D eigenvalue weighted by atomic mass is 16.1. The second-order valence-electron chi connectivity index (χ2n) is 6.50. The molecule has 6 unspecified atom stereocenters. The van der Waals surface area contributed by atoms with Crippen molar-refractivity contribution in [2.45, 2.75) is 62.7 Å². The van der Waals surface area contributed by atoms with Crippen molar-refractivity contribution in [3.63, 3.8) is 0 Å². The molecule has 0 aromatic carbocycles. The quantitative estimate of drug-likeness (QED) is 0.543. The number of ketones is 1. The minimum atomic E-state index is -0.0489. The first-order chi connectivity index (χ1) is 9.47. The lowest BCUT2D eigenvalue weighted by atomic mass is 9.79. The lowest BCUT2D eigenvalue weighted by Gasteiger charge is -2.31. The van der Waals surface area contributed by atoms with Crippen LogP contribution in [0.5, 0.6) is 0 Å². The molecule has 20 heavy (non-hydrogen) atoms. The molecule has 5 nitrogen and oxygen atoms in total. The van der Waals surface area contributed by atoms with E-state index in [0.717, 1.165) is 32.1 Å². The number of carbonyl (C=O) groups excluding carboxylic acids is 1. The van der Waals surface area contributed by atoms with E-state index in [4.69, 9.17) is 22.9 Å². The maximum absolute atomic E-state index is 12.2. The summed E-state index contributed by atoms with van der Waals surface area (Å²) in [6, 6.07) is 0.149. The molecule has 6 atom stereocenters. The van der Waals surface area contributed by atoms with Gasteiger partial charge in [-0.15, -0.1) is 0 Å². The molecular formula is C15H28N4O. The molecule has 0 amide bonds. The van der Waals surface area contributed by atoms with Gasteiger partial charge in [-0.2, -0.15) is 0 Å². The van der Waals surface area contributed by atoms with E-state index in [1.54, 1.807) is 6.08 Å². The van der Waals surface area contributed by atoms with Crippen LogP contribution in [-0.4, -0.2) is 30.0 Å². The second-order valence-corrected chi connectivity index (χ2v) is 6.50. The van der Waals surface area contributed by atoms with Crippen LogP contribution in [0.15, 0.2) is 12.2 Å². The smallest absolute Gasteiger partial charge is 0.158 e. The van der Waals surface area contributed by atoms with Crippen molar-refractivity contribution < 1.29 is 4.79 Å². The van der Waals surface area contributed by atoms with Crippen molar-refractivity contribution in [2.24, 2.45) is 34.8 Å². The Morgan fingerprint density at radius 1 is 0.800 bits per heavy atom. The largest absolute Gasteiger partial charge is 0.326 e. The van der Waals surface area contributed by atoms with Gasteiger partial charge in [0.15, 0.2) is 5.78 Å². The van der Waals surface area contributed by atoms with Gasteiger partial charge >= 0.3 is 0 Å². The summed E-state index contributed by atoms with van der Waals surface area (Å²) in [7, 11) is 0. The molecule has 0 aliphatic heterocycles. The summed E-state index contributed by atoms with van der Waals surface area (Å²) in [5, 5.41) is 0. The van der Waals surface area contributed by atoms with E-state index in [2.05, 4.69) is 0 Å². The summed E-state index contributed by atoms with van der Waals surface area (Å²) >= 11 is 0. The molecule has 0 saturated heterocycles. The fraction of sp³-hybridized carbons (Fsp3) is 0.800. The minimum Gasteiger partial charge on any atom is -0.326 e. The fourth-order valence-electron chi connectivity index (χ4n) is 3.29. The zero-order valence-electron chi connectivity index (χ0n) is 12.1. The summed E-state index contributed by atoms with van der Waals surface area (Å²) in [6.45, 7) is 0. The van der Waals surface area contributed by atoms with Crippen LogP contribution in [0.3, 0.4) is 0 Å². The van der Waals surface area contributed by atoms with E-state index < -0.39 is 0 Å². The summed E-state index contributed by atoms with van der Waals surface area (Å²) in [4.78, 5) is 12.2. The molecular weight excluding hydrogens is 252 g/mol. The van der Waals surface area contributed by atoms with Gasteiger partial charge in [-0.3, -0.25) is 4.79 Å². The maximum Gasteiger partial charge on any atom is 0.158 e. The van der Waals surface area contributed by atoms with Gasteiger partial charge in [0.25, 0.3) is 0 Å². The van der Waals surface area contributed by atoms with Gasteiger partial charge in [-0.25, -0.2) is 0 Å². The van der Waals surface area contributed by atoms with Crippen LogP contribution in [0.1, 0.15) is 38.5 Å². The van der Waals surface area contributed by atoms with Crippen LogP contribution in [0.25, 0.3) is 0 Å². The first-order valence-electron chi connectivity index (χ1n) is 7.71. The fourth-order valence-corrected chi connectivity index (χ4v) is 3.29. The Morgan fingerprint density at radius 2 is 1.40 bits per heavy atom. The van der Waals surface area contributed by atoms with Gasteiger partial charge in [0.05, 0.1) is 0 Å². The van der Waals surface area contributed by atoms with E-state index >= 15 is 0 Å². The van der Waals surface area contributed by atoms with Gasteiger partial charge < -0.3 is 22.9 Å². The summed E-state index contributed by atoms with van der Waals surface area (Å²) in [6.07, 6.45) is 9.00. The van der Waals surface area contributed by atoms with Crippen molar-refractivity contribution in [1.82, 2.24) is 0 Å². The van der Waals surface area contributed by atoms with Gasteiger partial charge in [0.2, 0.25) is 0 Å². The Morgan fingerprint density at radius 3 is 2.00 bits per heavy atom. The van der Waals surface area contributed by atoms with E-state index in [9.17, 15) is 4.79 Å². The van der Waals surface area contributed by atoms with Gasteiger partial charge in [-0.1, -0.05) is 6.08 Å². The van der Waals surface area contributed by atoms with Crippen molar-refractivity contribution in [3.8, 4) is 0 Å². The minimum absolute atomic E-state index is 0.0422. The second kappa shape index (κ2) is 6.80. The molecule has 0 radical (unpaired) electrons. The SMILES string of the molecule is NC1CCC(C=CC(=O)C2CCC(N)C(N)C2)CC1N. The van der Waals surface area contributed by atoms with E-state index in [1.807, 2.05) is 6.08 Å². The summed E-state index contributed by atoms with van der Waals surface area (Å²) < 4.78 is 0. The standard InChI is InChI=1S/C15H28N4O/c16-11-4-1-9(7-13(11)18)2-6-15(20)10-3-5-12(17)14(19)8-10/h2,6,9-14H,1,3-5,7-8,16-19H2. The predicted octanol–water partition coefficient (Wildman–Crippen LogP) is 0.0211. The highest BCUT2D eigenvalue weighted by Crippen LogP contribution is 2.26. The molecule has 2 fully saturated rings. The van der Waals surface area contributed by atoms with E-state index in [0.29, 0.717) is 12.3 Å². The van der Waals surface area contributed by atoms with Gasteiger partial charge in [0, 0.05) is 30.1 Å². The number of hydrogen-bond acceptors (Lipinski definition) is 5. The Balaban J connectivity index is 1.83. The molecule has 2 aliphatic carbocycles. The van der Waals surface area contributed by atoms with Crippen LogP contribution >= 0.6 is 0 Å². The van der Waals surface area contributed by atoms with Gasteiger partial charge in [0.1, 0.15) is 0 Å². The first-order valence-corrected chi connectivity index (χ1v) is 7.71. The zero-order chi connectivity index (χ0) is 14.7. The first kappa shape index (κ1) is 15.6. The topological polar surface area (TPSA) is 121 Å². The molecule has 0 spiro atoms. The number of allylic oxidation sites excluding steroid dienone is 2. The normalized spacial score (nSPS) is 42.8. The van der Waals surface area contributed by atoms with Crippen molar-refractivity contribution in [2.75, 3.05) is 0 Å². The number of rotatable bonds is 3. The third-order valence-corrected chi connectivity index (χ3v) is 4.89. The Labute approximate surface area is 121 Å². The average molecular weight is 280 g/mol. The highest BCUT2D eigenvalue weighted by molar-refractivity contribution is 5.91. The maximum atomic E-state index is 12.2. The lowest BCUT2D eigenvalue weighted by Crippen LogP contribution is -2.47. The predicted molar refractivity (Wildman–Crippen MR) is 80.7 cm³/mol. The highest BCUT2D eigenvalue weighted by Gasteiger charge is 2.29. The number of carbonyl (C=O) groups is 1. The molecule has 0 aromatic heterocycles. The molecule has 8 N–H and O–H groups in total. The molecule has 0 aromatic rings. The summed E-state index contributed by atoms with van der Waals surface area (Å²) in [5.74, 6) is 0.615. The Kier molecular flexibility index (Phi) is 5.32. The summed E-state index contributed by atoms with van der Waals surface area (Å²) in [5.41, 5.74) is 23.7. The zero-order valence-corrected chi connectivity index (χ0v) is 12.1. The molecule has 0 bridgehead atoms. The van der Waals surface area contributed by atoms with Crippen LogP contribution < -0.4 is 22.9 Å². The monoisotopic (exact) mass is 280 g/mol. The van der Waals surface area contributed by atoms with Crippen LogP contribution in [0.4, 0.5) is 0 Å².